The molecule has 0 aromatic carbocycles. The third kappa shape index (κ3) is 2.26. The van der Waals surface area contributed by atoms with Gasteiger partial charge in [0.05, 0.1) is 5.69 Å². The van der Waals surface area contributed by atoms with Crippen molar-refractivity contribution in [2.45, 2.75) is 31.9 Å². The van der Waals surface area contributed by atoms with Gasteiger partial charge in [-0.25, -0.2) is 4.98 Å². The van der Waals surface area contributed by atoms with Gasteiger partial charge in [-0.2, -0.15) is 0 Å². The van der Waals surface area contributed by atoms with E-state index >= 15 is 0 Å². The van der Waals surface area contributed by atoms with Crippen LogP contribution < -0.4 is 5.32 Å². The molecule has 1 saturated heterocycles. The van der Waals surface area contributed by atoms with Crippen molar-refractivity contribution >= 4 is 5.65 Å². The molecule has 0 spiro atoms. The Morgan fingerprint density at radius 1 is 1.50 bits per heavy atom. The fourth-order valence-corrected chi connectivity index (χ4v) is 2.59. The van der Waals surface area contributed by atoms with Crippen molar-refractivity contribution in [3.05, 3.63) is 36.3 Å². The second-order valence-electron chi connectivity index (χ2n) is 4.77. The minimum Gasteiger partial charge on any atom is -0.372 e. The zero-order valence-corrected chi connectivity index (χ0v) is 10.7. The number of fused-ring (bicyclic) bond motifs is 1. The third-order valence-corrected chi connectivity index (χ3v) is 3.49. The fourth-order valence-electron chi connectivity index (χ4n) is 2.59. The second-order valence-corrected chi connectivity index (χ2v) is 4.77. The molecule has 4 nitrogen and oxygen atoms in total. The first kappa shape index (κ1) is 11.7. The van der Waals surface area contributed by atoms with Crippen LogP contribution in [0.15, 0.2) is 30.6 Å². The van der Waals surface area contributed by atoms with E-state index in [1.54, 1.807) is 0 Å². The maximum Gasteiger partial charge on any atom is 0.137 e. The molecule has 1 N–H and O–H groups in total. The van der Waals surface area contributed by atoms with Gasteiger partial charge in [0.25, 0.3) is 0 Å². The summed E-state index contributed by atoms with van der Waals surface area (Å²) in [5.74, 6) is 0. The quantitative estimate of drug-likeness (QED) is 0.900. The molecular weight excluding hydrogens is 226 g/mol. The summed E-state index contributed by atoms with van der Waals surface area (Å²) in [6.07, 6.45) is 6.34. The van der Waals surface area contributed by atoms with Crippen LogP contribution in [-0.2, 0) is 4.74 Å². The lowest BCUT2D eigenvalue weighted by Gasteiger charge is -2.29. The van der Waals surface area contributed by atoms with Crippen LogP contribution in [0.25, 0.3) is 5.65 Å². The molecule has 18 heavy (non-hydrogen) atoms. The van der Waals surface area contributed by atoms with Gasteiger partial charge in [-0.1, -0.05) is 13.0 Å². The molecule has 2 atom stereocenters. The molecule has 2 aromatic heterocycles. The van der Waals surface area contributed by atoms with Crippen LogP contribution in [0.5, 0.6) is 0 Å². The second kappa shape index (κ2) is 5.08. The smallest absolute Gasteiger partial charge is 0.137 e. The van der Waals surface area contributed by atoms with Gasteiger partial charge in [-0.15, -0.1) is 0 Å². The van der Waals surface area contributed by atoms with Crippen molar-refractivity contribution in [1.82, 2.24) is 14.7 Å². The molecule has 4 heteroatoms. The number of rotatable bonds is 3. The first-order valence-corrected chi connectivity index (χ1v) is 6.65. The van der Waals surface area contributed by atoms with Gasteiger partial charge in [-0.3, -0.25) is 0 Å². The summed E-state index contributed by atoms with van der Waals surface area (Å²) in [6.45, 7) is 3.98. The highest BCUT2D eigenvalue weighted by atomic mass is 16.5. The Bertz CT molecular complexity index is 487. The predicted molar refractivity (Wildman–Crippen MR) is 70.6 cm³/mol. The Labute approximate surface area is 107 Å². The fraction of sp³-hybridized carbons (Fsp3) is 0.500. The summed E-state index contributed by atoms with van der Waals surface area (Å²) >= 11 is 0. The summed E-state index contributed by atoms with van der Waals surface area (Å²) in [5, 5.41) is 3.50. The molecular formula is C14H19N3O. The van der Waals surface area contributed by atoms with Crippen molar-refractivity contribution in [2.24, 2.45) is 0 Å². The summed E-state index contributed by atoms with van der Waals surface area (Å²) in [4.78, 5) is 4.64. The highest BCUT2D eigenvalue weighted by molar-refractivity contribution is 5.39. The van der Waals surface area contributed by atoms with E-state index in [4.69, 9.17) is 4.74 Å². The van der Waals surface area contributed by atoms with E-state index in [-0.39, 0.29) is 6.10 Å². The zero-order chi connectivity index (χ0) is 12.4. The molecule has 3 heterocycles. The van der Waals surface area contributed by atoms with Gasteiger partial charge in [0, 0.05) is 25.0 Å². The number of aromatic nitrogens is 2. The van der Waals surface area contributed by atoms with Crippen LogP contribution in [0, 0.1) is 0 Å². The van der Waals surface area contributed by atoms with Crippen molar-refractivity contribution in [3.8, 4) is 0 Å². The summed E-state index contributed by atoms with van der Waals surface area (Å²) in [5.41, 5.74) is 2.03. The lowest BCUT2D eigenvalue weighted by Crippen LogP contribution is -2.35. The first-order valence-electron chi connectivity index (χ1n) is 6.65. The number of ether oxygens (including phenoxy) is 1. The van der Waals surface area contributed by atoms with E-state index < -0.39 is 0 Å². The standard InChI is InChI=1S/C14H19N3O/c1-2-15-11-6-8-18-13(9-11)12-10-17-7-4-3-5-14(17)16-12/h3-5,7,10-11,13,15H,2,6,8-9H2,1H3. The lowest BCUT2D eigenvalue weighted by atomic mass is 10.0. The highest BCUT2D eigenvalue weighted by Gasteiger charge is 2.25. The largest absolute Gasteiger partial charge is 0.372 e. The number of nitrogens with one attached hydrogen (secondary N) is 1. The lowest BCUT2D eigenvalue weighted by molar-refractivity contribution is -0.00160. The monoisotopic (exact) mass is 245 g/mol. The average molecular weight is 245 g/mol. The van der Waals surface area contributed by atoms with Crippen LogP contribution in [0.3, 0.4) is 0 Å². The van der Waals surface area contributed by atoms with Crippen molar-refractivity contribution < 1.29 is 4.74 Å². The highest BCUT2D eigenvalue weighted by Crippen LogP contribution is 2.27. The van der Waals surface area contributed by atoms with E-state index in [1.165, 1.54) is 0 Å². The van der Waals surface area contributed by atoms with E-state index in [2.05, 4.69) is 27.8 Å². The Balaban J connectivity index is 1.80. The van der Waals surface area contributed by atoms with Crippen molar-refractivity contribution in [2.75, 3.05) is 13.2 Å². The van der Waals surface area contributed by atoms with E-state index in [0.717, 1.165) is 37.3 Å². The van der Waals surface area contributed by atoms with Crippen LogP contribution in [0.4, 0.5) is 0 Å². The van der Waals surface area contributed by atoms with Crippen molar-refractivity contribution in [3.63, 3.8) is 0 Å². The van der Waals surface area contributed by atoms with Gasteiger partial charge in [0.1, 0.15) is 11.8 Å². The molecule has 96 valence electrons. The van der Waals surface area contributed by atoms with Crippen LogP contribution in [0.2, 0.25) is 0 Å². The summed E-state index contributed by atoms with van der Waals surface area (Å²) < 4.78 is 7.91. The SMILES string of the molecule is CCNC1CCOC(c2cn3ccccc3n2)C1. The Kier molecular flexibility index (Phi) is 3.30. The molecule has 2 aromatic rings. The molecule has 0 amide bonds. The first-order chi connectivity index (χ1) is 8.86. The maximum atomic E-state index is 5.85. The van der Waals surface area contributed by atoms with Gasteiger partial charge >= 0.3 is 0 Å². The molecule has 1 fully saturated rings. The molecule has 0 radical (unpaired) electrons. The minimum absolute atomic E-state index is 0.127. The van der Waals surface area contributed by atoms with E-state index in [9.17, 15) is 0 Å². The van der Waals surface area contributed by atoms with Crippen LogP contribution in [-0.4, -0.2) is 28.6 Å². The van der Waals surface area contributed by atoms with Gasteiger partial charge in [0.15, 0.2) is 0 Å². The van der Waals surface area contributed by atoms with E-state index in [1.807, 2.05) is 24.4 Å². The van der Waals surface area contributed by atoms with Gasteiger partial charge < -0.3 is 14.5 Å². The third-order valence-electron chi connectivity index (χ3n) is 3.49. The number of hydrogen-bond acceptors (Lipinski definition) is 3. The Morgan fingerprint density at radius 3 is 3.28 bits per heavy atom. The zero-order valence-electron chi connectivity index (χ0n) is 10.7. The Hall–Kier alpha value is -1.39. The predicted octanol–water partition coefficient (Wildman–Crippen LogP) is 2.16. The van der Waals surface area contributed by atoms with Crippen molar-refractivity contribution in [1.29, 1.82) is 0 Å². The molecule has 0 bridgehead atoms. The van der Waals surface area contributed by atoms with Crippen LogP contribution >= 0.6 is 0 Å². The van der Waals surface area contributed by atoms with Crippen LogP contribution in [0.1, 0.15) is 31.6 Å². The molecule has 0 aliphatic carbocycles. The summed E-state index contributed by atoms with van der Waals surface area (Å²) in [7, 11) is 0. The van der Waals surface area contributed by atoms with E-state index in [0.29, 0.717) is 6.04 Å². The number of imidazole rings is 1. The minimum atomic E-state index is 0.127. The molecule has 1 aliphatic rings. The number of hydrogen-bond donors (Lipinski definition) is 1. The number of pyridine rings is 1. The van der Waals surface area contributed by atoms with Gasteiger partial charge in [-0.05, 0) is 31.5 Å². The number of nitrogens with zero attached hydrogens (tertiary/aromatic N) is 2. The molecule has 1 aliphatic heterocycles. The molecule has 3 rings (SSSR count). The summed E-state index contributed by atoms with van der Waals surface area (Å²) in [6, 6.07) is 6.60. The van der Waals surface area contributed by atoms with Gasteiger partial charge in [0.2, 0.25) is 0 Å². The average Bonchev–Trinajstić information content (AvgIpc) is 2.83. The topological polar surface area (TPSA) is 38.6 Å². The normalized spacial score (nSPS) is 24.5. The maximum absolute atomic E-state index is 5.85. The molecule has 0 saturated carbocycles. The Morgan fingerprint density at radius 2 is 2.44 bits per heavy atom. The molecule has 2 unspecified atom stereocenters.